The summed E-state index contributed by atoms with van der Waals surface area (Å²) in [6.07, 6.45) is 2.47. The highest BCUT2D eigenvalue weighted by molar-refractivity contribution is 5.98. The van der Waals surface area contributed by atoms with Crippen molar-refractivity contribution in [2.45, 2.75) is 18.6 Å². The number of rotatable bonds is 4. The number of benzene rings is 1. The molecule has 0 aliphatic carbocycles. The lowest BCUT2D eigenvalue weighted by atomic mass is 9.99. The number of nitrogens with one attached hydrogen (secondary N) is 1. The number of epoxide rings is 1. The van der Waals surface area contributed by atoms with Crippen LogP contribution in [0.1, 0.15) is 27.6 Å². The van der Waals surface area contributed by atoms with Crippen LogP contribution in [-0.4, -0.2) is 22.3 Å². The number of hydrazone groups is 1. The second kappa shape index (κ2) is 6.10. The Morgan fingerprint density at radius 2 is 2.17 bits per heavy atom. The summed E-state index contributed by atoms with van der Waals surface area (Å²) in [5.41, 5.74) is 9.12. The number of carbonyl (C=O) groups is 1. The highest BCUT2D eigenvalue weighted by atomic mass is 16.6. The summed E-state index contributed by atoms with van der Waals surface area (Å²) in [6.45, 7) is 1.97. The average Bonchev–Trinajstić information content (AvgIpc) is 3.37. The summed E-state index contributed by atoms with van der Waals surface area (Å²) < 4.78 is 5.50. The molecule has 0 radical (unpaired) electrons. The molecule has 1 aromatic heterocycles. The van der Waals surface area contributed by atoms with E-state index in [1.54, 1.807) is 18.3 Å². The van der Waals surface area contributed by atoms with Crippen molar-refractivity contribution >= 4 is 11.7 Å². The molecule has 2 aromatic rings. The molecule has 1 fully saturated rings. The zero-order chi connectivity index (χ0) is 17.2. The molecule has 7 nitrogen and oxygen atoms in total. The molecule has 24 heavy (non-hydrogen) atoms. The van der Waals surface area contributed by atoms with E-state index in [2.05, 4.69) is 15.5 Å². The van der Waals surface area contributed by atoms with Gasteiger partial charge in [0.05, 0.1) is 5.56 Å². The van der Waals surface area contributed by atoms with Crippen LogP contribution in [0, 0.1) is 18.3 Å². The van der Waals surface area contributed by atoms with Crippen LogP contribution in [0.5, 0.6) is 0 Å². The summed E-state index contributed by atoms with van der Waals surface area (Å²) in [6, 6.07) is 12.9. The van der Waals surface area contributed by atoms with E-state index in [-0.39, 0.29) is 5.84 Å². The summed E-state index contributed by atoms with van der Waals surface area (Å²) in [5.74, 6) is -0.556. The number of aromatic nitrogens is 1. The first-order valence-corrected chi connectivity index (χ1v) is 7.26. The number of ether oxygens (including phenoxy) is 1. The number of nitriles is 1. The predicted octanol–water partition coefficient (Wildman–Crippen LogP) is 1.43. The number of amides is 1. The van der Waals surface area contributed by atoms with Crippen LogP contribution in [0.3, 0.4) is 0 Å². The summed E-state index contributed by atoms with van der Waals surface area (Å²) in [7, 11) is 0. The molecule has 7 heteroatoms. The maximum Gasteiger partial charge on any atom is 0.272 e. The smallest absolute Gasteiger partial charge is 0.272 e. The molecule has 3 rings (SSSR count). The minimum atomic E-state index is -1.35. The van der Waals surface area contributed by atoms with E-state index in [0.717, 1.165) is 11.1 Å². The number of pyridine rings is 1. The van der Waals surface area contributed by atoms with Gasteiger partial charge in [-0.1, -0.05) is 29.8 Å². The molecule has 0 unspecified atom stereocenters. The second-order valence-electron chi connectivity index (χ2n) is 5.44. The van der Waals surface area contributed by atoms with Gasteiger partial charge in [0.25, 0.3) is 5.91 Å². The van der Waals surface area contributed by atoms with Crippen LogP contribution in [0.4, 0.5) is 0 Å². The van der Waals surface area contributed by atoms with Gasteiger partial charge in [-0.25, -0.2) is 5.43 Å². The summed E-state index contributed by atoms with van der Waals surface area (Å²) >= 11 is 0. The van der Waals surface area contributed by atoms with Crippen molar-refractivity contribution in [1.82, 2.24) is 10.4 Å². The minimum Gasteiger partial charge on any atom is -0.382 e. The molecule has 0 saturated carbocycles. The van der Waals surface area contributed by atoms with Gasteiger partial charge < -0.3 is 10.5 Å². The van der Waals surface area contributed by atoms with E-state index in [4.69, 9.17) is 10.5 Å². The molecule has 1 aliphatic rings. The van der Waals surface area contributed by atoms with Gasteiger partial charge in [0, 0.05) is 12.4 Å². The summed E-state index contributed by atoms with van der Waals surface area (Å²) in [5, 5.41) is 13.3. The fraction of sp³-hybridized carbons (Fsp3) is 0.176. The van der Waals surface area contributed by atoms with Gasteiger partial charge in [0.2, 0.25) is 5.60 Å². The molecule has 1 aliphatic heterocycles. The fourth-order valence-corrected chi connectivity index (χ4v) is 2.29. The van der Waals surface area contributed by atoms with E-state index in [9.17, 15) is 10.1 Å². The quantitative estimate of drug-likeness (QED) is 0.382. The summed E-state index contributed by atoms with van der Waals surface area (Å²) in [4.78, 5) is 15.8. The number of nitrogens with two attached hydrogens (primary N) is 1. The standard InChI is InChI=1S/C17H15N5O2/c1-11-4-6-12(7-5-11)14-17(10-18,24-14)16(19)22-21-15(23)13-3-2-8-20-9-13/h2-9,14H,1H3,(H2,19,22)(H,21,23)/t14-,17+/m1/s1. The average molecular weight is 321 g/mol. The zero-order valence-electron chi connectivity index (χ0n) is 12.9. The Balaban J connectivity index is 1.74. The molecule has 1 amide bonds. The Morgan fingerprint density at radius 3 is 2.79 bits per heavy atom. The Kier molecular flexibility index (Phi) is 3.98. The molecule has 2 heterocycles. The van der Waals surface area contributed by atoms with Crippen LogP contribution >= 0.6 is 0 Å². The molecule has 2 atom stereocenters. The van der Waals surface area contributed by atoms with Gasteiger partial charge in [0.15, 0.2) is 5.84 Å². The largest absolute Gasteiger partial charge is 0.382 e. The van der Waals surface area contributed by atoms with Crippen molar-refractivity contribution in [2.24, 2.45) is 10.8 Å². The van der Waals surface area contributed by atoms with E-state index in [1.807, 2.05) is 37.3 Å². The van der Waals surface area contributed by atoms with E-state index in [1.165, 1.54) is 6.20 Å². The zero-order valence-corrected chi connectivity index (χ0v) is 12.9. The molecular formula is C17H15N5O2. The molecule has 3 N–H and O–H groups in total. The number of aryl methyl sites for hydroxylation is 1. The van der Waals surface area contributed by atoms with Crippen molar-refractivity contribution in [1.29, 1.82) is 5.26 Å². The molecule has 1 saturated heterocycles. The number of carbonyl (C=O) groups excluding carboxylic acids is 1. The van der Waals surface area contributed by atoms with Gasteiger partial charge in [-0.15, -0.1) is 0 Å². The molecule has 0 bridgehead atoms. The van der Waals surface area contributed by atoms with Crippen LogP contribution in [-0.2, 0) is 4.74 Å². The first-order chi connectivity index (χ1) is 11.6. The van der Waals surface area contributed by atoms with Crippen LogP contribution < -0.4 is 11.2 Å². The van der Waals surface area contributed by atoms with Crippen molar-refractivity contribution in [3.63, 3.8) is 0 Å². The van der Waals surface area contributed by atoms with Crippen molar-refractivity contribution in [3.8, 4) is 6.07 Å². The normalized spacial score (nSPS) is 22.5. The highest BCUT2D eigenvalue weighted by Crippen LogP contribution is 2.49. The van der Waals surface area contributed by atoms with E-state index < -0.39 is 17.6 Å². The maximum absolute atomic E-state index is 11.9. The van der Waals surface area contributed by atoms with Gasteiger partial charge in [0.1, 0.15) is 12.2 Å². The third kappa shape index (κ3) is 2.83. The molecule has 1 aromatic carbocycles. The molecule has 120 valence electrons. The van der Waals surface area contributed by atoms with Crippen LogP contribution in [0.2, 0.25) is 0 Å². The SMILES string of the molecule is Cc1ccc([C@H]2O[C@]2(C#N)/C(N)=N/NC(=O)c2cccnc2)cc1. The Bertz CT molecular complexity index is 826. The number of hydrogen-bond donors (Lipinski definition) is 2. The van der Waals surface area contributed by atoms with Gasteiger partial charge in [-0.3, -0.25) is 9.78 Å². The van der Waals surface area contributed by atoms with Gasteiger partial charge in [-0.2, -0.15) is 10.4 Å². The molecule has 0 spiro atoms. The third-order valence-electron chi connectivity index (χ3n) is 3.74. The number of nitrogens with zero attached hydrogens (tertiary/aromatic N) is 3. The van der Waals surface area contributed by atoms with Crippen LogP contribution in [0.25, 0.3) is 0 Å². The lowest BCUT2D eigenvalue weighted by Crippen LogP contribution is -2.35. The van der Waals surface area contributed by atoms with Gasteiger partial charge >= 0.3 is 0 Å². The maximum atomic E-state index is 11.9. The Hall–Kier alpha value is -3.24. The Morgan fingerprint density at radius 1 is 1.42 bits per heavy atom. The molecular weight excluding hydrogens is 306 g/mol. The highest BCUT2D eigenvalue weighted by Gasteiger charge is 2.62. The third-order valence-corrected chi connectivity index (χ3v) is 3.74. The fourth-order valence-electron chi connectivity index (χ4n) is 2.29. The van der Waals surface area contributed by atoms with Crippen molar-refractivity contribution in [2.75, 3.05) is 0 Å². The second-order valence-corrected chi connectivity index (χ2v) is 5.44. The predicted molar refractivity (Wildman–Crippen MR) is 86.7 cm³/mol. The lowest BCUT2D eigenvalue weighted by molar-refractivity contribution is 0.0954. The van der Waals surface area contributed by atoms with Crippen molar-refractivity contribution < 1.29 is 9.53 Å². The number of hydrogen-bond acceptors (Lipinski definition) is 5. The Labute approximate surface area is 138 Å². The van der Waals surface area contributed by atoms with Crippen molar-refractivity contribution in [3.05, 3.63) is 65.5 Å². The van der Waals surface area contributed by atoms with E-state index >= 15 is 0 Å². The first kappa shape index (κ1) is 15.6. The van der Waals surface area contributed by atoms with Crippen LogP contribution in [0.15, 0.2) is 53.9 Å². The van der Waals surface area contributed by atoms with E-state index in [0.29, 0.717) is 5.56 Å². The first-order valence-electron chi connectivity index (χ1n) is 7.26. The lowest BCUT2D eigenvalue weighted by Gasteiger charge is -2.05. The minimum absolute atomic E-state index is 0.0900. The monoisotopic (exact) mass is 321 g/mol. The van der Waals surface area contributed by atoms with Gasteiger partial charge in [-0.05, 0) is 24.6 Å². The number of amidine groups is 1. The topological polar surface area (TPSA) is 117 Å².